The van der Waals surface area contributed by atoms with Crippen molar-refractivity contribution in [1.82, 2.24) is 0 Å². The highest BCUT2D eigenvalue weighted by molar-refractivity contribution is 5.24. The molecule has 1 aromatic heterocycles. The largest absolute Gasteiger partial charge is 0.488 e. The van der Waals surface area contributed by atoms with Crippen LogP contribution in [0.15, 0.2) is 34.7 Å². The molecule has 18 heavy (non-hydrogen) atoms. The average Bonchev–Trinajstić information content (AvgIpc) is 2.74. The van der Waals surface area contributed by atoms with Crippen molar-refractivity contribution in [2.75, 3.05) is 6.61 Å². The molecule has 0 saturated carbocycles. The maximum Gasteiger partial charge on any atom is 0.167 e. The lowest BCUT2D eigenvalue weighted by Crippen LogP contribution is -2.18. The first-order valence-corrected chi connectivity index (χ1v) is 5.46. The Morgan fingerprint density at radius 1 is 1.28 bits per heavy atom. The van der Waals surface area contributed by atoms with Crippen molar-refractivity contribution >= 4 is 0 Å². The molecular formula is C13H13F2NO2. The Morgan fingerprint density at radius 2 is 2.06 bits per heavy atom. The molecule has 0 aliphatic carbocycles. The number of nitrogens with two attached hydrogens (primary N) is 1. The third-order valence-electron chi connectivity index (χ3n) is 2.44. The zero-order chi connectivity index (χ0) is 13.1. The van der Waals surface area contributed by atoms with Crippen LogP contribution in [-0.4, -0.2) is 6.61 Å². The molecule has 0 radical (unpaired) electrons. The minimum atomic E-state index is -0.752. The van der Waals surface area contributed by atoms with Crippen molar-refractivity contribution < 1.29 is 17.9 Å². The minimum absolute atomic E-state index is 0.0323. The number of hydrogen-bond donors (Lipinski definition) is 1. The van der Waals surface area contributed by atoms with Crippen LogP contribution in [0.5, 0.6) is 5.75 Å². The molecule has 0 fully saturated rings. The number of ether oxygens (including phenoxy) is 1. The molecule has 1 aromatic carbocycles. The van der Waals surface area contributed by atoms with Gasteiger partial charge in [0.15, 0.2) is 11.6 Å². The molecule has 0 spiro atoms. The summed E-state index contributed by atoms with van der Waals surface area (Å²) in [6.45, 7) is 1.85. The van der Waals surface area contributed by atoms with Gasteiger partial charge in [0.05, 0.1) is 6.04 Å². The SMILES string of the molecule is Cc1ccc(C(N)COc2ccc(F)cc2F)o1. The van der Waals surface area contributed by atoms with Crippen molar-refractivity contribution in [3.8, 4) is 5.75 Å². The molecule has 0 saturated heterocycles. The first kappa shape index (κ1) is 12.6. The smallest absolute Gasteiger partial charge is 0.167 e. The molecule has 0 bridgehead atoms. The summed E-state index contributed by atoms with van der Waals surface area (Å²) in [6, 6.07) is 6.14. The standard InChI is InChI=1S/C13H13F2NO2/c1-8-2-4-13(18-8)11(16)7-17-12-5-3-9(14)6-10(12)15/h2-6,11H,7,16H2,1H3. The maximum absolute atomic E-state index is 13.3. The summed E-state index contributed by atoms with van der Waals surface area (Å²) in [5.74, 6) is -0.123. The molecular weight excluding hydrogens is 240 g/mol. The highest BCUT2D eigenvalue weighted by Crippen LogP contribution is 2.20. The van der Waals surface area contributed by atoms with Crippen LogP contribution >= 0.6 is 0 Å². The van der Waals surface area contributed by atoms with Crippen molar-refractivity contribution in [2.24, 2.45) is 5.73 Å². The molecule has 2 aromatic rings. The highest BCUT2D eigenvalue weighted by Gasteiger charge is 2.12. The summed E-state index contributed by atoms with van der Waals surface area (Å²) in [7, 11) is 0. The van der Waals surface area contributed by atoms with Gasteiger partial charge in [-0.1, -0.05) is 0 Å². The van der Waals surface area contributed by atoms with E-state index in [1.165, 1.54) is 6.07 Å². The van der Waals surface area contributed by atoms with Crippen LogP contribution in [0.4, 0.5) is 8.78 Å². The summed E-state index contributed by atoms with van der Waals surface area (Å²) < 4.78 is 36.5. The predicted octanol–water partition coefficient (Wildman–Crippen LogP) is 2.95. The third kappa shape index (κ3) is 2.87. The van der Waals surface area contributed by atoms with Crippen LogP contribution in [0.25, 0.3) is 0 Å². The van der Waals surface area contributed by atoms with E-state index in [-0.39, 0.29) is 12.4 Å². The van der Waals surface area contributed by atoms with E-state index in [9.17, 15) is 8.78 Å². The van der Waals surface area contributed by atoms with Gasteiger partial charge >= 0.3 is 0 Å². The molecule has 0 amide bonds. The van der Waals surface area contributed by atoms with Crippen molar-refractivity contribution in [3.63, 3.8) is 0 Å². The number of rotatable bonds is 4. The maximum atomic E-state index is 13.3. The van der Waals surface area contributed by atoms with E-state index in [0.29, 0.717) is 5.76 Å². The Bertz CT molecular complexity index is 540. The van der Waals surface area contributed by atoms with Crippen LogP contribution in [-0.2, 0) is 0 Å². The molecule has 2 rings (SSSR count). The normalized spacial score (nSPS) is 12.4. The van der Waals surface area contributed by atoms with E-state index in [0.717, 1.165) is 17.9 Å². The predicted molar refractivity (Wildman–Crippen MR) is 62.2 cm³/mol. The van der Waals surface area contributed by atoms with Gasteiger partial charge in [0.25, 0.3) is 0 Å². The molecule has 1 unspecified atom stereocenters. The molecule has 0 aliphatic rings. The summed E-state index contributed by atoms with van der Waals surface area (Å²) in [4.78, 5) is 0. The molecule has 5 heteroatoms. The highest BCUT2D eigenvalue weighted by atomic mass is 19.1. The molecule has 1 heterocycles. The van der Waals surface area contributed by atoms with Gasteiger partial charge in [0.1, 0.15) is 23.9 Å². The first-order valence-electron chi connectivity index (χ1n) is 5.46. The van der Waals surface area contributed by atoms with Crippen molar-refractivity contribution in [2.45, 2.75) is 13.0 Å². The van der Waals surface area contributed by atoms with Crippen LogP contribution in [0.1, 0.15) is 17.6 Å². The summed E-state index contributed by atoms with van der Waals surface area (Å²) in [5.41, 5.74) is 5.82. The van der Waals surface area contributed by atoms with E-state index in [1.807, 2.05) is 0 Å². The second-order valence-corrected chi connectivity index (χ2v) is 3.94. The van der Waals surface area contributed by atoms with E-state index in [2.05, 4.69) is 0 Å². The molecule has 96 valence electrons. The van der Waals surface area contributed by atoms with Crippen LogP contribution in [0, 0.1) is 18.6 Å². The summed E-state index contributed by atoms with van der Waals surface area (Å²) >= 11 is 0. The minimum Gasteiger partial charge on any atom is -0.488 e. The average molecular weight is 253 g/mol. The van der Waals surface area contributed by atoms with Crippen LogP contribution < -0.4 is 10.5 Å². The van der Waals surface area contributed by atoms with Crippen molar-refractivity contribution in [3.05, 3.63) is 53.5 Å². The number of aryl methyl sites for hydroxylation is 1. The Morgan fingerprint density at radius 3 is 2.67 bits per heavy atom. The van der Waals surface area contributed by atoms with E-state index in [4.69, 9.17) is 14.9 Å². The van der Waals surface area contributed by atoms with E-state index >= 15 is 0 Å². The second-order valence-electron chi connectivity index (χ2n) is 3.94. The summed E-state index contributed by atoms with van der Waals surface area (Å²) in [6.07, 6.45) is 0. The van der Waals surface area contributed by atoms with Gasteiger partial charge in [0.2, 0.25) is 0 Å². The number of furan rings is 1. The topological polar surface area (TPSA) is 48.4 Å². The van der Waals surface area contributed by atoms with Gasteiger partial charge in [0, 0.05) is 6.07 Å². The van der Waals surface area contributed by atoms with Gasteiger partial charge < -0.3 is 14.9 Å². The quantitative estimate of drug-likeness (QED) is 0.911. The van der Waals surface area contributed by atoms with Crippen LogP contribution in [0.2, 0.25) is 0 Å². The fourth-order valence-electron chi connectivity index (χ4n) is 1.51. The lowest BCUT2D eigenvalue weighted by molar-refractivity contribution is 0.260. The van der Waals surface area contributed by atoms with Gasteiger partial charge in [-0.25, -0.2) is 8.78 Å². The van der Waals surface area contributed by atoms with Gasteiger partial charge in [-0.15, -0.1) is 0 Å². The second kappa shape index (κ2) is 5.18. The molecule has 1 atom stereocenters. The van der Waals surface area contributed by atoms with Crippen molar-refractivity contribution in [1.29, 1.82) is 0 Å². The third-order valence-corrected chi connectivity index (χ3v) is 2.44. The molecule has 2 N–H and O–H groups in total. The van der Waals surface area contributed by atoms with E-state index < -0.39 is 17.7 Å². The van der Waals surface area contributed by atoms with E-state index in [1.54, 1.807) is 19.1 Å². The van der Waals surface area contributed by atoms with Gasteiger partial charge in [-0.3, -0.25) is 0 Å². The Hall–Kier alpha value is -1.88. The van der Waals surface area contributed by atoms with Gasteiger partial charge in [-0.2, -0.15) is 0 Å². The molecule has 0 aliphatic heterocycles. The Kier molecular flexibility index (Phi) is 3.62. The lowest BCUT2D eigenvalue weighted by Gasteiger charge is -2.11. The summed E-state index contributed by atoms with van der Waals surface area (Å²) in [5, 5.41) is 0. The zero-order valence-electron chi connectivity index (χ0n) is 9.82. The fourth-order valence-corrected chi connectivity index (χ4v) is 1.51. The number of halogens is 2. The molecule has 3 nitrogen and oxygen atoms in total. The zero-order valence-corrected chi connectivity index (χ0v) is 9.82. The Balaban J connectivity index is 1.99. The first-order chi connectivity index (χ1) is 8.56. The number of hydrogen-bond acceptors (Lipinski definition) is 3. The number of benzene rings is 1. The lowest BCUT2D eigenvalue weighted by atomic mass is 10.2. The fraction of sp³-hybridized carbons (Fsp3) is 0.231. The monoisotopic (exact) mass is 253 g/mol. The Labute approximate surface area is 103 Å². The van der Waals surface area contributed by atoms with Crippen LogP contribution in [0.3, 0.4) is 0 Å². The van der Waals surface area contributed by atoms with Gasteiger partial charge in [-0.05, 0) is 31.2 Å².